The molecule has 2 aliphatic heterocycles. The molecule has 3 aliphatic rings. The maximum Gasteiger partial charge on any atom is 0.321 e. The lowest BCUT2D eigenvalue weighted by Crippen LogP contribution is -2.52. The van der Waals surface area contributed by atoms with Gasteiger partial charge in [-0.25, -0.2) is 18.2 Å². The number of carboxylic acids is 1. The molecule has 0 aromatic carbocycles. The number of nitrogen functional groups attached to an aromatic ring is 1. The van der Waals surface area contributed by atoms with Crippen LogP contribution in [-0.2, 0) is 9.59 Å². The van der Waals surface area contributed by atoms with E-state index in [9.17, 15) is 27.9 Å². The van der Waals surface area contributed by atoms with E-state index in [-0.39, 0.29) is 24.2 Å². The van der Waals surface area contributed by atoms with Crippen LogP contribution in [0.3, 0.4) is 0 Å². The van der Waals surface area contributed by atoms with Gasteiger partial charge in [0.1, 0.15) is 17.7 Å². The number of carbonyl (C=O) groups excluding carboxylic acids is 1. The van der Waals surface area contributed by atoms with E-state index in [1.807, 2.05) is 17.2 Å². The number of nitrogens with zero attached hydrogens (tertiary/aromatic N) is 3. The van der Waals surface area contributed by atoms with Crippen molar-refractivity contribution >= 4 is 28.7 Å². The van der Waals surface area contributed by atoms with Gasteiger partial charge in [0.05, 0.1) is 11.0 Å². The molecule has 0 bridgehead atoms. The fraction of sp³-hybridized carbons (Fsp3) is 0.464. The molecule has 11 heteroatoms. The molecule has 2 aromatic rings. The Kier molecular flexibility index (Phi) is 7.79. The molecule has 8 nitrogen and oxygen atoms in total. The van der Waals surface area contributed by atoms with E-state index in [0.717, 1.165) is 35.5 Å². The van der Waals surface area contributed by atoms with Crippen molar-refractivity contribution in [3.63, 3.8) is 0 Å². The minimum atomic E-state index is -1.48. The Morgan fingerprint density at radius 2 is 1.82 bits per heavy atom. The number of anilines is 1. The number of carbonyl (C=O) groups is 2. The number of hydrogen-bond acceptors (Lipinski definition) is 5. The van der Waals surface area contributed by atoms with Gasteiger partial charge in [-0.05, 0) is 80.5 Å². The number of piperidine rings is 2. The number of pyridine rings is 1. The number of rotatable bonds is 6. The van der Waals surface area contributed by atoms with Gasteiger partial charge in [-0.15, -0.1) is 0 Å². The number of aromatic nitrogens is 2. The summed E-state index contributed by atoms with van der Waals surface area (Å²) in [6.45, 7) is 2.09. The third kappa shape index (κ3) is 5.73. The Morgan fingerprint density at radius 3 is 2.49 bits per heavy atom. The molecular formula is C28H32F3N5O3. The van der Waals surface area contributed by atoms with Crippen LogP contribution >= 0.6 is 0 Å². The quantitative estimate of drug-likeness (QED) is 0.459. The topological polar surface area (TPSA) is 116 Å². The van der Waals surface area contributed by atoms with Gasteiger partial charge >= 0.3 is 5.97 Å². The third-order valence-electron chi connectivity index (χ3n) is 8.20. The number of aliphatic carboxylic acids is 1. The molecule has 2 aromatic heterocycles. The first kappa shape index (κ1) is 27.0. The first-order valence-electron chi connectivity index (χ1n) is 13.3. The van der Waals surface area contributed by atoms with Gasteiger partial charge in [-0.3, -0.25) is 14.5 Å². The van der Waals surface area contributed by atoms with Crippen LogP contribution in [-0.4, -0.2) is 69.0 Å². The minimum absolute atomic E-state index is 0.0979. The summed E-state index contributed by atoms with van der Waals surface area (Å²) >= 11 is 0. The number of allylic oxidation sites excluding steroid dienone is 5. The van der Waals surface area contributed by atoms with Crippen molar-refractivity contribution in [3.05, 3.63) is 59.6 Å². The smallest absolute Gasteiger partial charge is 0.321 e. The van der Waals surface area contributed by atoms with Crippen molar-refractivity contribution in [1.82, 2.24) is 19.8 Å². The normalized spacial score (nSPS) is 23.0. The van der Waals surface area contributed by atoms with Crippen LogP contribution in [0.1, 0.15) is 43.6 Å². The number of carboxylic acid groups (broad SMARTS) is 1. The standard InChI is InChI=1S/C28H32F3N5O3/c29-20-13-16(14-21(30)25(20)31)1-4-24(37)35-9-7-18(8-10-35)27(28(38)39)36-11-5-17(6-12-36)19-15-33-22-2-3-23(32)34-26(19)22/h1-4,13,15-18,27,33H,5-12,14H2,(H2,32,34)(H,38,39)/b4-1+. The van der Waals surface area contributed by atoms with Crippen LogP contribution in [0.2, 0.25) is 0 Å². The summed E-state index contributed by atoms with van der Waals surface area (Å²) in [4.78, 5) is 36.4. The highest BCUT2D eigenvalue weighted by Gasteiger charge is 2.38. The monoisotopic (exact) mass is 543 g/mol. The van der Waals surface area contributed by atoms with Gasteiger partial charge in [-0.2, -0.15) is 0 Å². The lowest BCUT2D eigenvalue weighted by Gasteiger charge is -2.41. The largest absolute Gasteiger partial charge is 0.480 e. The summed E-state index contributed by atoms with van der Waals surface area (Å²) in [6, 6.07) is 3.04. The highest BCUT2D eigenvalue weighted by atomic mass is 19.2. The molecule has 2 fully saturated rings. The number of halogens is 3. The van der Waals surface area contributed by atoms with Gasteiger partial charge in [0.15, 0.2) is 11.7 Å². The molecule has 2 unspecified atom stereocenters. The van der Waals surface area contributed by atoms with Gasteiger partial charge < -0.3 is 20.7 Å². The van der Waals surface area contributed by atoms with E-state index < -0.39 is 35.4 Å². The van der Waals surface area contributed by atoms with Crippen LogP contribution < -0.4 is 5.73 Å². The van der Waals surface area contributed by atoms with Crippen molar-refractivity contribution < 1.29 is 27.9 Å². The van der Waals surface area contributed by atoms with E-state index in [1.54, 1.807) is 11.0 Å². The van der Waals surface area contributed by atoms with Crippen LogP contribution in [0.15, 0.2) is 54.0 Å². The van der Waals surface area contributed by atoms with Crippen molar-refractivity contribution in [2.75, 3.05) is 31.9 Å². The molecule has 208 valence electrons. The number of likely N-dealkylation sites (tertiary alicyclic amines) is 2. The maximum absolute atomic E-state index is 13.5. The molecule has 2 saturated heterocycles. The van der Waals surface area contributed by atoms with Crippen molar-refractivity contribution in [1.29, 1.82) is 0 Å². The highest BCUT2D eigenvalue weighted by Crippen LogP contribution is 2.36. The van der Waals surface area contributed by atoms with Gasteiger partial charge in [0.25, 0.3) is 0 Å². The molecular weight excluding hydrogens is 511 g/mol. The lowest BCUT2D eigenvalue weighted by molar-refractivity contribution is -0.147. The molecule has 4 heterocycles. The maximum atomic E-state index is 13.5. The first-order chi connectivity index (χ1) is 18.7. The molecule has 4 N–H and O–H groups in total. The average molecular weight is 544 g/mol. The Balaban J connectivity index is 1.15. The molecule has 1 amide bonds. The van der Waals surface area contributed by atoms with E-state index in [4.69, 9.17) is 5.73 Å². The lowest BCUT2D eigenvalue weighted by atomic mass is 9.85. The number of aromatic amines is 1. The summed E-state index contributed by atoms with van der Waals surface area (Å²) in [5.74, 6) is -5.16. The predicted molar refractivity (Wildman–Crippen MR) is 140 cm³/mol. The SMILES string of the molecule is Nc1ccc2[nH]cc(C3CCN(C(C(=O)O)C4CCN(C(=O)/C=C/C5C=C(F)C(F)=C(F)C5)CC4)CC3)c2n1. The van der Waals surface area contributed by atoms with Gasteiger partial charge in [0.2, 0.25) is 5.91 Å². The number of amides is 1. The molecule has 0 spiro atoms. The van der Waals surface area contributed by atoms with Gasteiger partial charge in [0, 0.05) is 31.6 Å². The summed E-state index contributed by atoms with van der Waals surface area (Å²) in [6.07, 6.45) is 7.95. The van der Waals surface area contributed by atoms with E-state index in [1.165, 1.54) is 12.2 Å². The average Bonchev–Trinajstić information content (AvgIpc) is 3.34. The number of nitrogens with one attached hydrogen (secondary N) is 1. The Bertz CT molecular complexity index is 1340. The Hall–Kier alpha value is -3.60. The van der Waals surface area contributed by atoms with Crippen LogP contribution in [0, 0.1) is 11.8 Å². The molecule has 39 heavy (non-hydrogen) atoms. The van der Waals surface area contributed by atoms with Crippen LogP contribution in [0.25, 0.3) is 11.0 Å². The van der Waals surface area contributed by atoms with E-state index >= 15 is 0 Å². The van der Waals surface area contributed by atoms with Crippen molar-refractivity contribution in [3.8, 4) is 0 Å². The third-order valence-corrected chi connectivity index (χ3v) is 8.20. The predicted octanol–water partition coefficient (Wildman–Crippen LogP) is 4.60. The second-order valence-corrected chi connectivity index (χ2v) is 10.6. The summed E-state index contributed by atoms with van der Waals surface area (Å²) in [5, 5.41) is 10.1. The second-order valence-electron chi connectivity index (χ2n) is 10.6. The fourth-order valence-electron chi connectivity index (χ4n) is 6.11. The van der Waals surface area contributed by atoms with Crippen molar-refractivity contribution in [2.45, 2.75) is 44.1 Å². The van der Waals surface area contributed by atoms with Gasteiger partial charge in [-0.1, -0.05) is 6.08 Å². The van der Waals surface area contributed by atoms with E-state index in [0.29, 0.717) is 44.8 Å². The summed E-state index contributed by atoms with van der Waals surface area (Å²) in [5.41, 5.74) is 8.79. The molecule has 0 radical (unpaired) electrons. The minimum Gasteiger partial charge on any atom is -0.480 e. The zero-order valence-corrected chi connectivity index (χ0v) is 21.5. The highest BCUT2D eigenvalue weighted by molar-refractivity contribution is 5.87. The number of fused-ring (bicyclic) bond motifs is 1. The summed E-state index contributed by atoms with van der Waals surface area (Å²) in [7, 11) is 0. The first-order valence-corrected chi connectivity index (χ1v) is 13.3. The summed E-state index contributed by atoms with van der Waals surface area (Å²) < 4.78 is 40.1. The molecule has 1 aliphatic carbocycles. The number of hydrogen-bond donors (Lipinski definition) is 3. The molecule has 0 saturated carbocycles. The number of H-pyrrole nitrogens is 1. The Morgan fingerprint density at radius 1 is 1.10 bits per heavy atom. The molecule has 5 rings (SSSR count). The Labute approximate surface area is 224 Å². The van der Waals surface area contributed by atoms with E-state index in [2.05, 4.69) is 9.97 Å². The van der Waals surface area contributed by atoms with Crippen LogP contribution in [0.4, 0.5) is 19.0 Å². The van der Waals surface area contributed by atoms with Crippen molar-refractivity contribution in [2.24, 2.45) is 11.8 Å². The number of nitrogens with two attached hydrogens (primary N) is 1. The molecule has 2 atom stereocenters. The fourth-order valence-corrected chi connectivity index (χ4v) is 6.11. The second kappa shape index (κ2) is 11.3. The van der Waals surface area contributed by atoms with Crippen LogP contribution in [0.5, 0.6) is 0 Å². The zero-order chi connectivity index (χ0) is 27.7. The zero-order valence-electron chi connectivity index (χ0n) is 21.5.